The van der Waals surface area contributed by atoms with Gasteiger partial charge in [-0.3, -0.25) is 9.69 Å². The molecule has 5 heteroatoms. The van der Waals surface area contributed by atoms with Gasteiger partial charge in [-0.05, 0) is 125 Å². The van der Waals surface area contributed by atoms with Gasteiger partial charge in [0.15, 0.2) is 0 Å². The number of aromatic hydroxyl groups is 1. The lowest BCUT2D eigenvalue weighted by Gasteiger charge is -2.62. The molecule has 3 unspecified atom stereocenters. The van der Waals surface area contributed by atoms with Crippen molar-refractivity contribution in [2.75, 3.05) is 39.3 Å². The van der Waals surface area contributed by atoms with Gasteiger partial charge in [0.05, 0.1) is 0 Å². The molecule has 2 aromatic rings. The summed E-state index contributed by atoms with van der Waals surface area (Å²) in [6, 6.07) is 17.2. The molecule has 3 fully saturated rings. The highest BCUT2D eigenvalue weighted by atomic mass is 16.3. The molecular formula is C35H49N3O2. The van der Waals surface area contributed by atoms with Gasteiger partial charge in [-0.1, -0.05) is 55.7 Å². The average molecular weight is 544 g/mol. The molecule has 40 heavy (non-hydrogen) atoms. The van der Waals surface area contributed by atoms with E-state index >= 15 is 0 Å². The minimum atomic E-state index is 0.163. The summed E-state index contributed by atoms with van der Waals surface area (Å²) in [5.74, 6) is 0.419. The maximum Gasteiger partial charge on any atom is 0.210 e. The van der Waals surface area contributed by atoms with E-state index in [0.717, 1.165) is 32.2 Å². The van der Waals surface area contributed by atoms with Gasteiger partial charge in [0.25, 0.3) is 0 Å². The molecule has 1 saturated carbocycles. The van der Waals surface area contributed by atoms with E-state index in [4.69, 9.17) is 0 Å². The van der Waals surface area contributed by atoms with Crippen LogP contribution in [-0.2, 0) is 23.2 Å². The maximum atomic E-state index is 12.0. The normalized spacial score (nSPS) is 28.4. The molecule has 1 N–H and O–H groups in total. The maximum absolute atomic E-state index is 12.0. The van der Waals surface area contributed by atoms with Gasteiger partial charge in [-0.25, -0.2) is 0 Å². The van der Waals surface area contributed by atoms with E-state index in [2.05, 4.69) is 46.2 Å². The van der Waals surface area contributed by atoms with Gasteiger partial charge in [-0.2, -0.15) is 0 Å². The molecule has 4 aliphatic rings. The molecule has 2 aliphatic carbocycles. The van der Waals surface area contributed by atoms with Crippen LogP contribution in [0.1, 0.15) is 87.3 Å². The number of hydrogen-bond acceptors (Lipinski definition) is 4. The first-order valence-corrected chi connectivity index (χ1v) is 16.2. The van der Waals surface area contributed by atoms with Crippen LogP contribution in [0.2, 0.25) is 0 Å². The number of amides is 1. The summed E-state index contributed by atoms with van der Waals surface area (Å²) >= 11 is 0. The number of piperidine rings is 1. The van der Waals surface area contributed by atoms with Crippen molar-refractivity contribution in [2.24, 2.45) is 5.41 Å². The fourth-order valence-electron chi connectivity index (χ4n) is 9.39. The molecule has 2 bridgehead atoms. The lowest BCUT2D eigenvalue weighted by atomic mass is 9.49. The van der Waals surface area contributed by atoms with E-state index < -0.39 is 0 Å². The fourth-order valence-corrected chi connectivity index (χ4v) is 9.39. The monoisotopic (exact) mass is 543 g/mol. The van der Waals surface area contributed by atoms with Crippen molar-refractivity contribution in [3.8, 4) is 5.75 Å². The summed E-state index contributed by atoms with van der Waals surface area (Å²) in [6.07, 6.45) is 16.1. The zero-order chi connectivity index (χ0) is 27.4. The van der Waals surface area contributed by atoms with Gasteiger partial charge in [-0.15, -0.1) is 0 Å². The minimum absolute atomic E-state index is 0.163. The Morgan fingerprint density at radius 3 is 2.52 bits per heavy atom. The van der Waals surface area contributed by atoms with Crippen molar-refractivity contribution in [2.45, 2.75) is 95.1 Å². The Morgan fingerprint density at radius 2 is 1.73 bits per heavy atom. The van der Waals surface area contributed by atoms with Crippen molar-refractivity contribution in [3.63, 3.8) is 0 Å². The molecule has 216 valence electrons. The third kappa shape index (κ3) is 5.32. The third-order valence-electron chi connectivity index (χ3n) is 11.2. The highest BCUT2D eigenvalue weighted by Gasteiger charge is 2.64. The number of phenolic OH excluding ortho intramolecular Hbond substituents is 1. The van der Waals surface area contributed by atoms with Crippen molar-refractivity contribution >= 4 is 6.41 Å². The Bertz CT molecular complexity index is 1130. The first-order valence-electron chi connectivity index (χ1n) is 16.2. The molecular weight excluding hydrogens is 494 g/mol. The summed E-state index contributed by atoms with van der Waals surface area (Å²) in [5.41, 5.74) is 4.50. The Labute approximate surface area is 241 Å². The van der Waals surface area contributed by atoms with Crippen molar-refractivity contribution < 1.29 is 9.90 Å². The standard InChI is InChI=1S/C35H49N3O2/c39-28-37(27-29-11-4-3-5-12-29)21-9-17-35-16-8-15-34(35)18-24-38(23-10-22-36-19-6-1-2-7-20-36)33(35)25-30-13-14-31(40)26-32(30)34/h3-5,11-14,26,28,33,40H,1-2,6-10,15-25,27H2. The number of benzene rings is 2. The predicted molar refractivity (Wildman–Crippen MR) is 161 cm³/mol. The fraction of sp³-hybridized carbons (Fsp3) is 0.629. The zero-order valence-corrected chi connectivity index (χ0v) is 24.4. The van der Waals surface area contributed by atoms with Crippen LogP contribution in [-0.4, -0.2) is 71.5 Å². The Morgan fingerprint density at radius 1 is 0.900 bits per heavy atom. The van der Waals surface area contributed by atoms with Crippen LogP contribution in [0.3, 0.4) is 0 Å². The van der Waals surface area contributed by atoms with Crippen LogP contribution in [0.5, 0.6) is 5.75 Å². The third-order valence-corrected chi connectivity index (χ3v) is 11.2. The van der Waals surface area contributed by atoms with Gasteiger partial charge >= 0.3 is 0 Å². The van der Waals surface area contributed by atoms with Crippen molar-refractivity contribution in [3.05, 3.63) is 65.2 Å². The lowest BCUT2D eigenvalue weighted by molar-refractivity contribution is -0.119. The summed E-state index contributed by atoms with van der Waals surface area (Å²) in [5, 5.41) is 10.6. The molecule has 0 aromatic heterocycles. The van der Waals surface area contributed by atoms with Crippen molar-refractivity contribution in [1.29, 1.82) is 0 Å². The molecule has 2 aliphatic heterocycles. The Hall–Kier alpha value is -2.37. The first kappa shape index (κ1) is 27.8. The topological polar surface area (TPSA) is 47.0 Å². The predicted octanol–water partition coefficient (Wildman–Crippen LogP) is 6.14. The van der Waals surface area contributed by atoms with E-state index in [9.17, 15) is 9.90 Å². The van der Waals surface area contributed by atoms with Crippen LogP contribution < -0.4 is 0 Å². The molecule has 2 saturated heterocycles. The summed E-state index contributed by atoms with van der Waals surface area (Å²) in [4.78, 5) is 19.6. The number of fused-ring (bicyclic) bond motifs is 1. The number of rotatable bonds is 11. The zero-order valence-electron chi connectivity index (χ0n) is 24.4. The molecule has 2 aromatic carbocycles. The number of carbonyl (C=O) groups excluding carboxylic acids is 1. The summed E-state index contributed by atoms with van der Waals surface area (Å²) in [7, 11) is 0. The minimum Gasteiger partial charge on any atom is -0.508 e. The highest BCUT2D eigenvalue weighted by Crippen LogP contribution is 2.66. The Kier molecular flexibility index (Phi) is 8.50. The van der Waals surface area contributed by atoms with Gasteiger partial charge in [0.1, 0.15) is 5.75 Å². The van der Waals surface area contributed by atoms with Gasteiger partial charge in [0, 0.05) is 24.5 Å². The largest absolute Gasteiger partial charge is 0.508 e. The second kappa shape index (κ2) is 12.2. The van der Waals surface area contributed by atoms with Crippen LogP contribution in [0.15, 0.2) is 48.5 Å². The van der Waals surface area contributed by atoms with Crippen LogP contribution in [0, 0.1) is 5.41 Å². The molecule has 0 radical (unpaired) electrons. The second-order valence-corrected chi connectivity index (χ2v) is 13.2. The van der Waals surface area contributed by atoms with Crippen LogP contribution in [0.4, 0.5) is 0 Å². The summed E-state index contributed by atoms with van der Waals surface area (Å²) < 4.78 is 0. The molecule has 3 atom stereocenters. The SMILES string of the molecule is O=CN(CCCC12CCCC13CCN(CCCN1CCCCCC1)C2Cc1ccc(O)cc13)Cc1ccccc1. The smallest absolute Gasteiger partial charge is 0.210 e. The van der Waals surface area contributed by atoms with E-state index in [0.29, 0.717) is 18.3 Å². The number of hydrogen-bond donors (Lipinski definition) is 1. The number of carbonyl (C=O) groups is 1. The number of phenols is 1. The Balaban J connectivity index is 1.20. The molecule has 2 heterocycles. The molecule has 0 spiro atoms. The van der Waals surface area contributed by atoms with Gasteiger partial charge in [0.2, 0.25) is 6.41 Å². The van der Waals surface area contributed by atoms with Crippen LogP contribution >= 0.6 is 0 Å². The average Bonchev–Trinajstić information content (AvgIpc) is 3.19. The van der Waals surface area contributed by atoms with E-state index in [-0.39, 0.29) is 10.8 Å². The van der Waals surface area contributed by atoms with Crippen molar-refractivity contribution in [1.82, 2.24) is 14.7 Å². The van der Waals surface area contributed by atoms with E-state index in [1.54, 1.807) is 0 Å². The van der Waals surface area contributed by atoms with Crippen LogP contribution in [0.25, 0.3) is 0 Å². The number of likely N-dealkylation sites (tertiary alicyclic amines) is 2. The first-order chi connectivity index (χ1) is 19.6. The molecule has 5 nitrogen and oxygen atoms in total. The van der Waals surface area contributed by atoms with E-state index in [1.807, 2.05) is 17.0 Å². The molecule has 6 rings (SSSR count). The van der Waals surface area contributed by atoms with Gasteiger partial charge < -0.3 is 14.9 Å². The quantitative estimate of drug-likeness (QED) is 0.346. The highest BCUT2D eigenvalue weighted by molar-refractivity contribution is 5.48. The van der Waals surface area contributed by atoms with E-state index in [1.165, 1.54) is 107 Å². The second-order valence-electron chi connectivity index (χ2n) is 13.2. The lowest BCUT2D eigenvalue weighted by Crippen LogP contribution is -2.65. The summed E-state index contributed by atoms with van der Waals surface area (Å²) in [6.45, 7) is 7.67. The molecule has 1 amide bonds. The number of nitrogens with zero attached hydrogens (tertiary/aromatic N) is 3.